The maximum atomic E-state index is 11.8. The lowest BCUT2D eigenvalue weighted by Crippen LogP contribution is -2.45. The van der Waals surface area contributed by atoms with Gasteiger partial charge in [-0.05, 0) is 24.5 Å². The van der Waals surface area contributed by atoms with Gasteiger partial charge in [-0.3, -0.25) is 4.79 Å². The van der Waals surface area contributed by atoms with Crippen molar-refractivity contribution in [3.05, 3.63) is 33.8 Å². The van der Waals surface area contributed by atoms with Crippen molar-refractivity contribution in [1.29, 1.82) is 0 Å². The average molecular weight is 340 g/mol. The van der Waals surface area contributed by atoms with E-state index in [0.717, 1.165) is 15.6 Å². The first-order valence-corrected chi connectivity index (χ1v) is 7.31. The molecule has 0 unspecified atom stereocenters. The lowest BCUT2D eigenvalue weighted by atomic mass is 10.1. The van der Waals surface area contributed by atoms with Gasteiger partial charge in [-0.2, -0.15) is 0 Å². The minimum Gasteiger partial charge on any atom is -0.344 e. The molecule has 1 saturated heterocycles. The van der Waals surface area contributed by atoms with Gasteiger partial charge in [-0.25, -0.2) is 4.79 Å². The largest absolute Gasteiger partial charge is 0.344 e. The van der Waals surface area contributed by atoms with E-state index in [9.17, 15) is 9.59 Å². The molecule has 20 heavy (non-hydrogen) atoms. The van der Waals surface area contributed by atoms with Gasteiger partial charge in [0.2, 0.25) is 5.91 Å². The Bertz CT molecular complexity index is 533. The summed E-state index contributed by atoms with van der Waals surface area (Å²) in [7, 11) is 1.74. The number of carbonyl (C=O) groups excluding carboxylic acids is 2. The fourth-order valence-electron chi connectivity index (χ4n) is 2.19. The van der Waals surface area contributed by atoms with E-state index in [2.05, 4.69) is 26.6 Å². The first kappa shape index (κ1) is 14.8. The molecule has 0 radical (unpaired) electrons. The number of hydrogen-bond donors (Lipinski definition) is 2. The van der Waals surface area contributed by atoms with E-state index in [4.69, 9.17) is 0 Å². The van der Waals surface area contributed by atoms with Crippen LogP contribution in [0.4, 0.5) is 4.79 Å². The number of hydrogen-bond acceptors (Lipinski definition) is 2. The number of likely N-dealkylation sites (tertiary alicyclic amines) is 1. The topological polar surface area (TPSA) is 61.4 Å². The SMILES string of the molecule is Cc1cccc(CNC(=O)N[C@H]2CCN(C)C2=O)c1Br. The van der Waals surface area contributed by atoms with Gasteiger partial charge in [-0.15, -0.1) is 0 Å². The zero-order valence-electron chi connectivity index (χ0n) is 11.6. The predicted molar refractivity (Wildman–Crippen MR) is 80.3 cm³/mol. The minimum absolute atomic E-state index is 0.0307. The molecule has 0 bridgehead atoms. The van der Waals surface area contributed by atoms with Gasteiger partial charge in [0.25, 0.3) is 0 Å². The van der Waals surface area contributed by atoms with Crippen molar-refractivity contribution in [2.45, 2.75) is 25.9 Å². The van der Waals surface area contributed by atoms with E-state index in [1.165, 1.54) is 0 Å². The molecule has 1 fully saturated rings. The summed E-state index contributed by atoms with van der Waals surface area (Å²) in [5.74, 6) is -0.0307. The number of carbonyl (C=O) groups is 2. The molecule has 3 amide bonds. The van der Waals surface area contributed by atoms with Gasteiger partial charge < -0.3 is 15.5 Å². The van der Waals surface area contributed by atoms with Gasteiger partial charge in [0.1, 0.15) is 6.04 Å². The van der Waals surface area contributed by atoms with E-state index >= 15 is 0 Å². The molecule has 108 valence electrons. The maximum Gasteiger partial charge on any atom is 0.315 e. The van der Waals surface area contributed by atoms with E-state index in [1.54, 1.807) is 11.9 Å². The molecular weight excluding hydrogens is 322 g/mol. The third-order valence-corrected chi connectivity index (χ3v) is 4.58. The Morgan fingerprint density at radius 1 is 1.50 bits per heavy atom. The highest BCUT2D eigenvalue weighted by molar-refractivity contribution is 9.10. The molecule has 2 rings (SSSR count). The van der Waals surface area contributed by atoms with Crippen LogP contribution in [0.3, 0.4) is 0 Å². The molecule has 1 aliphatic heterocycles. The monoisotopic (exact) mass is 339 g/mol. The van der Waals surface area contributed by atoms with Gasteiger partial charge in [-0.1, -0.05) is 34.1 Å². The molecular formula is C14H18BrN3O2. The highest BCUT2D eigenvalue weighted by Gasteiger charge is 2.30. The third kappa shape index (κ3) is 3.30. The summed E-state index contributed by atoms with van der Waals surface area (Å²) in [6.07, 6.45) is 0.664. The standard InChI is InChI=1S/C14H18BrN3O2/c1-9-4-3-5-10(12(9)15)8-16-14(20)17-11-6-7-18(2)13(11)19/h3-5,11H,6-8H2,1-2H3,(H2,16,17,20)/t11-/m0/s1. The molecule has 0 aliphatic carbocycles. The molecule has 1 aromatic rings. The zero-order chi connectivity index (χ0) is 14.7. The Morgan fingerprint density at radius 3 is 2.90 bits per heavy atom. The third-order valence-electron chi connectivity index (χ3n) is 3.44. The number of rotatable bonds is 3. The van der Waals surface area contributed by atoms with Crippen LogP contribution in [0.2, 0.25) is 0 Å². The van der Waals surface area contributed by atoms with Crippen molar-refractivity contribution in [3.63, 3.8) is 0 Å². The Hall–Kier alpha value is -1.56. The van der Waals surface area contributed by atoms with Crippen LogP contribution < -0.4 is 10.6 Å². The zero-order valence-corrected chi connectivity index (χ0v) is 13.2. The van der Waals surface area contributed by atoms with Crippen molar-refractivity contribution >= 4 is 27.9 Å². The minimum atomic E-state index is -0.402. The fraction of sp³-hybridized carbons (Fsp3) is 0.429. The van der Waals surface area contributed by atoms with Crippen molar-refractivity contribution in [2.75, 3.05) is 13.6 Å². The van der Waals surface area contributed by atoms with Gasteiger partial charge >= 0.3 is 6.03 Å². The number of benzene rings is 1. The molecule has 6 heteroatoms. The molecule has 0 aromatic heterocycles. The molecule has 1 atom stereocenters. The van der Waals surface area contributed by atoms with Crippen molar-refractivity contribution in [2.24, 2.45) is 0 Å². The van der Waals surface area contributed by atoms with Crippen molar-refractivity contribution in [1.82, 2.24) is 15.5 Å². The highest BCUT2D eigenvalue weighted by Crippen LogP contribution is 2.20. The summed E-state index contributed by atoms with van der Waals surface area (Å²) >= 11 is 3.50. The second kappa shape index (κ2) is 6.26. The fourth-order valence-corrected chi connectivity index (χ4v) is 2.59. The predicted octanol–water partition coefficient (Wildman–Crippen LogP) is 1.79. The lowest BCUT2D eigenvalue weighted by Gasteiger charge is -2.14. The molecule has 2 N–H and O–H groups in total. The summed E-state index contributed by atoms with van der Waals surface area (Å²) < 4.78 is 0.997. The molecule has 0 spiro atoms. The summed E-state index contributed by atoms with van der Waals surface area (Å²) in [6, 6.07) is 5.19. The first-order valence-electron chi connectivity index (χ1n) is 6.52. The number of nitrogens with zero attached hydrogens (tertiary/aromatic N) is 1. The number of likely N-dealkylation sites (N-methyl/N-ethyl adjacent to an activating group) is 1. The van der Waals surface area contributed by atoms with Gasteiger partial charge in [0.05, 0.1) is 0 Å². The number of urea groups is 1. The molecule has 1 aromatic carbocycles. The number of amides is 3. The second-order valence-electron chi connectivity index (χ2n) is 4.98. The Labute approximate surface area is 126 Å². The van der Waals surface area contributed by atoms with Crippen LogP contribution in [-0.2, 0) is 11.3 Å². The smallest absolute Gasteiger partial charge is 0.315 e. The van der Waals surface area contributed by atoms with Crippen LogP contribution in [0, 0.1) is 6.92 Å². The molecule has 0 saturated carbocycles. The first-order chi connectivity index (χ1) is 9.49. The van der Waals surface area contributed by atoms with E-state index in [-0.39, 0.29) is 11.9 Å². The van der Waals surface area contributed by atoms with Crippen molar-refractivity contribution < 1.29 is 9.59 Å². The van der Waals surface area contributed by atoms with Gasteiger partial charge in [0.15, 0.2) is 0 Å². The number of nitrogens with one attached hydrogen (secondary N) is 2. The van der Waals surface area contributed by atoms with E-state index in [0.29, 0.717) is 19.5 Å². The van der Waals surface area contributed by atoms with Crippen LogP contribution in [0.25, 0.3) is 0 Å². The highest BCUT2D eigenvalue weighted by atomic mass is 79.9. The Balaban J connectivity index is 1.87. The maximum absolute atomic E-state index is 11.8. The summed E-state index contributed by atoms with van der Waals surface area (Å²) in [5, 5.41) is 5.49. The average Bonchev–Trinajstić information content (AvgIpc) is 2.72. The molecule has 5 nitrogen and oxygen atoms in total. The quantitative estimate of drug-likeness (QED) is 0.881. The van der Waals surface area contributed by atoms with Crippen LogP contribution >= 0.6 is 15.9 Å². The summed E-state index contributed by atoms with van der Waals surface area (Å²) in [6.45, 7) is 3.11. The Kier molecular flexibility index (Phi) is 4.65. The van der Waals surface area contributed by atoms with E-state index in [1.807, 2.05) is 25.1 Å². The van der Waals surface area contributed by atoms with E-state index < -0.39 is 6.04 Å². The van der Waals surface area contributed by atoms with Crippen LogP contribution in [0.5, 0.6) is 0 Å². The van der Waals surface area contributed by atoms with Crippen LogP contribution in [0.15, 0.2) is 22.7 Å². The summed E-state index contributed by atoms with van der Waals surface area (Å²) in [4.78, 5) is 25.1. The van der Waals surface area contributed by atoms with Crippen molar-refractivity contribution in [3.8, 4) is 0 Å². The number of aryl methyl sites for hydroxylation is 1. The molecule has 1 aliphatic rings. The normalized spacial score (nSPS) is 18.2. The van der Waals surface area contributed by atoms with Crippen LogP contribution in [0.1, 0.15) is 17.5 Å². The second-order valence-corrected chi connectivity index (χ2v) is 5.77. The Morgan fingerprint density at radius 2 is 2.25 bits per heavy atom. The number of halogens is 1. The lowest BCUT2D eigenvalue weighted by molar-refractivity contribution is -0.128. The molecule has 1 heterocycles. The van der Waals surface area contributed by atoms with Gasteiger partial charge in [0, 0.05) is 24.6 Å². The summed E-state index contributed by atoms with van der Waals surface area (Å²) in [5.41, 5.74) is 2.13. The van der Waals surface area contributed by atoms with Crippen LogP contribution in [-0.4, -0.2) is 36.5 Å².